The Kier molecular flexibility index (Phi) is 5.15. The molecular formula is C19H22O2. The minimum atomic E-state index is 0.0572. The molecule has 0 heterocycles. The van der Waals surface area contributed by atoms with Gasteiger partial charge in [-0.1, -0.05) is 56.3 Å². The number of rotatable bonds is 6. The maximum absolute atomic E-state index is 12.2. The van der Waals surface area contributed by atoms with Gasteiger partial charge in [0.2, 0.25) is 0 Å². The topological polar surface area (TPSA) is 26.3 Å². The molecule has 0 aliphatic rings. The highest BCUT2D eigenvalue weighted by atomic mass is 16.5. The summed E-state index contributed by atoms with van der Waals surface area (Å²) in [6.45, 7) is 3.91. The number of carbonyl (C=O) groups excluding carboxylic acids is 1. The van der Waals surface area contributed by atoms with Crippen molar-refractivity contribution in [1.29, 1.82) is 0 Å². The van der Waals surface area contributed by atoms with Gasteiger partial charge in [-0.2, -0.15) is 0 Å². The van der Waals surface area contributed by atoms with Crippen LogP contribution >= 0.6 is 0 Å². The van der Waals surface area contributed by atoms with Crippen LogP contribution in [0.1, 0.15) is 37.3 Å². The van der Waals surface area contributed by atoms with Crippen LogP contribution < -0.4 is 4.74 Å². The van der Waals surface area contributed by atoms with Crippen molar-refractivity contribution in [1.82, 2.24) is 0 Å². The van der Waals surface area contributed by atoms with Crippen molar-refractivity contribution >= 4 is 5.78 Å². The average molecular weight is 282 g/mol. The maximum atomic E-state index is 12.2. The summed E-state index contributed by atoms with van der Waals surface area (Å²) in [6, 6.07) is 18.2. The molecule has 0 aromatic heterocycles. The molecule has 110 valence electrons. The molecule has 0 N–H and O–H groups in total. The molecule has 0 aliphatic carbocycles. The fourth-order valence-corrected chi connectivity index (χ4v) is 2.41. The predicted molar refractivity (Wildman–Crippen MR) is 85.7 cm³/mol. The van der Waals surface area contributed by atoms with Crippen LogP contribution in [0.2, 0.25) is 0 Å². The number of hydrogen-bond acceptors (Lipinski definition) is 2. The molecule has 0 fully saturated rings. The van der Waals surface area contributed by atoms with Gasteiger partial charge < -0.3 is 4.74 Å². The molecule has 2 aromatic carbocycles. The summed E-state index contributed by atoms with van der Waals surface area (Å²) in [5.41, 5.74) is 2.29. The van der Waals surface area contributed by atoms with Gasteiger partial charge in [0, 0.05) is 18.3 Å². The van der Waals surface area contributed by atoms with E-state index in [1.807, 2.05) is 50.2 Å². The first-order chi connectivity index (χ1) is 10.1. The monoisotopic (exact) mass is 282 g/mol. The van der Waals surface area contributed by atoms with Crippen molar-refractivity contribution < 1.29 is 9.53 Å². The molecular weight excluding hydrogens is 260 g/mol. The molecule has 0 radical (unpaired) electrons. The van der Waals surface area contributed by atoms with Gasteiger partial charge in [-0.3, -0.25) is 4.79 Å². The van der Waals surface area contributed by atoms with Gasteiger partial charge in [-0.15, -0.1) is 0 Å². The number of hydrogen-bond donors (Lipinski definition) is 0. The molecule has 2 heteroatoms. The Balaban J connectivity index is 2.37. The third-order valence-electron chi connectivity index (χ3n) is 3.75. The van der Waals surface area contributed by atoms with Crippen LogP contribution in [0.25, 0.3) is 0 Å². The highest BCUT2D eigenvalue weighted by Gasteiger charge is 2.20. The standard InChI is InChI=1S/C19H22O2/c1-14(2)19(20)13-18(15-8-5-4-6-9-15)16-10-7-11-17(12-16)21-3/h4-12,14,18H,13H2,1-3H3/t18-/m0/s1. The molecule has 2 rings (SSSR count). The van der Waals surface area contributed by atoms with E-state index in [1.54, 1.807) is 7.11 Å². The Morgan fingerprint density at radius 1 is 1.00 bits per heavy atom. The molecule has 1 atom stereocenters. The molecule has 0 bridgehead atoms. The number of methoxy groups -OCH3 is 1. The molecule has 0 saturated heterocycles. The van der Waals surface area contributed by atoms with Gasteiger partial charge >= 0.3 is 0 Å². The van der Waals surface area contributed by atoms with Crippen LogP contribution in [-0.4, -0.2) is 12.9 Å². The number of Topliss-reactive ketones (excluding diaryl/α,β-unsaturated/α-hetero) is 1. The lowest BCUT2D eigenvalue weighted by Crippen LogP contribution is -2.13. The van der Waals surface area contributed by atoms with E-state index in [2.05, 4.69) is 18.2 Å². The first-order valence-corrected chi connectivity index (χ1v) is 7.33. The Labute approximate surface area is 126 Å². The van der Waals surface area contributed by atoms with Gasteiger partial charge in [0.1, 0.15) is 11.5 Å². The Morgan fingerprint density at radius 3 is 2.29 bits per heavy atom. The third kappa shape index (κ3) is 3.94. The fourth-order valence-electron chi connectivity index (χ4n) is 2.41. The number of ketones is 1. The minimum Gasteiger partial charge on any atom is -0.497 e. The van der Waals surface area contributed by atoms with Crippen LogP contribution in [0.5, 0.6) is 5.75 Å². The number of carbonyl (C=O) groups is 1. The lowest BCUT2D eigenvalue weighted by atomic mass is 9.85. The molecule has 2 nitrogen and oxygen atoms in total. The van der Waals surface area contributed by atoms with E-state index in [0.717, 1.165) is 11.3 Å². The van der Waals surface area contributed by atoms with E-state index in [1.165, 1.54) is 5.56 Å². The number of ether oxygens (including phenoxy) is 1. The zero-order valence-electron chi connectivity index (χ0n) is 12.9. The van der Waals surface area contributed by atoms with Gasteiger partial charge in [0.15, 0.2) is 0 Å². The normalized spacial score (nSPS) is 12.2. The Hall–Kier alpha value is -2.09. The summed E-state index contributed by atoms with van der Waals surface area (Å²) in [6.07, 6.45) is 0.523. The first kappa shape index (κ1) is 15.3. The van der Waals surface area contributed by atoms with E-state index in [4.69, 9.17) is 4.74 Å². The minimum absolute atomic E-state index is 0.0572. The fraction of sp³-hybridized carbons (Fsp3) is 0.316. The van der Waals surface area contributed by atoms with Crippen molar-refractivity contribution in [2.45, 2.75) is 26.2 Å². The van der Waals surface area contributed by atoms with Gasteiger partial charge in [-0.25, -0.2) is 0 Å². The second-order valence-corrected chi connectivity index (χ2v) is 5.57. The zero-order chi connectivity index (χ0) is 15.2. The Morgan fingerprint density at radius 2 is 1.67 bits per heavy atom. The maximum Gasteiger partial charge on any atom is 0.136 e. The highest BCUT2D eigenvalue weighted by molar-refractivity contribution is 5.81. The quantitative estimate of drug-likeness (QED) is 0.783. The van der Waals surface area contributed by atoms with Crippen LogP contribution in [0.4, 0.5) is 0 Å². The van der Waals surface area contributed by atoms with Crippen molar-refractivity contribution in [3.8, 4) is 5.75 Å². The summed E-state index contributed by atoms with van der Waals surface area (Å²) in [5, 5.41) is 0. The molecule has 0 amide bonds. The molecule has 0 saturated carbocycles. The van der Waals surface area contributed by atoms with E-state index in [-0.39, 0.29) is 17.6 Å². The smallest absolute Gasteiger partial charge is 0.136 e. The summed E-state index contributed by atoms with van der Waals surface area (Å²) in [7, 11) is 1.66. The summed E-state index contributed by atoms with van der Waals surface area (Å²) >= 11 is 0. The van der Waals surface area contributed by atoms with E-state index in [0.29, 0.717) is 6.42 Å². The van der Waals surface area contributed by atoms with Crippen molar-refractivity contribution in [2.24, 2.45) is 5.92 Å². The van der Waals surface area contributed by atoms with Gasteiger partial charge in [0.25, 0.3) is 0 Å². The average Bonchev–Trinajstić information content (AvgIpc) is 2.53. The van der Waals surface area contributed by atoms with Crippen molar-refractivity contribution in [3.63, 3.8) is 0 Å². The third-order valence-corrected chi connectivity index (χ3v) is 3.75. The van der Waals surface area contributed by atoms with Crippen LogP contribution in [0.3, 0.4) is 0 Å². The van der Waals surface area contributed by atoms with Crippen LogP contribution in [0.15, 0.2) is 54.6 Å². The SMILES string of the molecule is COc1cccc([C@@H](CC(=O)C(C)C)c2ccccc2)c1. The molecule has 21 heavy (non-hydrogen) atoms. The summed E-state index contributed by atoms with van der Waals surface area (Å²) < 4.78 is 5.31. The van der Waals surface area contributed by atoms with Crippen molar-refractivity contribution in [3.05, 3.63) is 65.7 Å². The zero-order valence-corrected chi connectivity index (χ0v) is 12.9. The van der Waals surface area contributed by atoms with Gasteiger partial charge in [0.05, 0.1) is 7.11 Å². The molecule has 0 aliphatic heterocycles. The molecule has 2 aromatic rings. The molecule has 0 unspecified atom stereocenters. The molecule has 0 spiro atoms. The lowest BCUT2D eigenvalue weighted by molar-refractivity contribution is -0.122. The highest BCUT2D eigenvalue weighted by Crippen LogP contribution is 2.31. The van der Waals surface area contributed by atoms with E-state index >= 15 is 0 Å². The van der Waals surface area contributed by atoms with E-state index in [9.17, 15) is 4.79 Å². The van der Waals surface area contributed by atoms with Crippen LogP contribution in [-0.2, 0) is 4.79 Å². The number of benzene rings is 2. The first-order valence-electron chi connectivity index (χ1n) is 7.33. The van der Waals surface area contributed by atoms with Gasteiger partial charge in [-0.05, 0) is 23.3 Å². The van der Waals surface area contributed by atoms with Crippen molar-refractivity contribution in [2.75, 3.05) is 7.11 Å². The second-order valence-electron chi connectivity index (χ2n) is 5.57. The largest absolute Gasteiger partial charge is 0.497 e. The summed E-state index contributed by atoms with van der Waals surface area (Å²) in [4.78, 5) is 12.2. The second kappa shape index (κ2) is 7.07. The lowest BCUT2D eigenvalue weighted by Gasteiger charge is -2.19. The van der Waals surface area contributed by atoms with Crippen LogP contribution in [0, 0.1) is 5.92 Å². The predicted octanol–water partition coefficient (Wildman–Crippen LogP) is 4.44. The Bertz CT molecular complexity index is 588. The van der Waals surface area contributed by atoms with E-state index < -0.39 is 0 Å². The summed E-state index contributed by atoms with van der Waals surface area (Å²) in [5.74, 6) is 1.25.